The Labute approximate surface area is 79.6 Å². The van der Waals surface area contributed by atoms with Crippen molar-refractivity contribution in [2.45, 2.75) is 4.05 Å². The Morgan fingerprint density at radius 1 is 1.89 bits per heavy atom. The lowest BCUT2D eigenvalue weighted by Gasteiger charge is -2.03. The fourth-order valence-corrected chi connectivity index (χ4v) is 0.515. The number of rotatable bonds is 4. The zero-order valence-corrected chi connectivity index (χ0v) is 8.62. The predicted molar refractivity (Wildman–Crippen MR) is 48.6 cm³/mol. The first-order valence-corrected chi connectivity index (χ1v) is 4.75. The Morgan fingerprint density at radius 3 is 2.78 bits per heavy atom. The second-order valence-corrected chi connectivity index (χ2v) is 2.94. The molecule has 0 aliphatic carbocycles. The van der Waals surface area contributed by atoms with Gasteiger partial charge in [0.05, 0.1) is 0 Å². The molecule has 0 rings (SSSR count). The quantitative estimate of drug-likeness (QED) is 0.338. The standard InChI is InChI=1S/C3H5I2NO3/c4-1-9-6-2(5)3(7)8/h2,6H,1H2,(H,7,8)/t2-/m1/s1. The minimum Gasteiger partial charge on any atom is -0.479 e. The van der Waals surface area contributed by atoms with Crippen molar-refractivity contribution in [2.24, 2.45) is 0 Å². The third-order valence-electron chi connectivity index (χ3n) is 0.458. The molecule has 1 atom stereocenters. The lowest BCUT2D eigenvalue weighted by atomic mass is 10.7. The highest BCUT2D eigenvalue weighted by Crippen LogP contribution is 1.95. The van der Waals surface area contributed by atoms with Gasteiger partial charge in [0.25, 0.3) is 0 Å². The van der Waals surface area contributed by atoms with Gasteiger partial charge in [0.1, 0.15) is 4.61 Å². The van der Waals surface area contributed by atoms with Crippen molar-refractivity contribution in [3.63, 3.8) is 0 Å². The molecule has 0 unspecified atom stereocenters. The number of hydroxylamine groups is 1. The summed E-state index contributed by atoms with van der Waals surface area (Å²) in [5.41, 5.74) is 2.31. The topological polar surface area (TPSA) is 58.6 Å². The van der Waals surface area contributed by atoms with Crippen molar-refractivity contribution in [2.75, 3.05) is 4.61 Å². The van der Waals surface area contributed by atoms with Crippen LogP contribution >= 0.6 is 45.2 Å². The van der Waals surface area contributed by atoms with E-state index in [1.165, 1.54) is 0 Å². The molecule has 0 amide bonds. The maximum Gasteiger partial charge on any atom is 0.333 e. The third-order valence-corrected chi connectivity index (χ3v) is 1.56. The molecule has 0 aliphatic heterocycles. The molecule has 0 fully saturated rings. The van der Waals surface area contributed by atoms with Crippen LogP contribution in [0.5, 0.6) is 0 Å². The van der Waals surface area contributed by atoms with Crippen LogP contribution in [0.15, 0.2) is 0 Å². The van der Waals surface area contributed by atoms with Gasteiger partial charge in [-0.1, -0.05) is 45.2 Å². The fraction of sp³-hybridized carbons (Fsp3) is 0.667. The Bertz CT molecular complexity index is 99.1. The van der Waals surface area contributed by atoms with Crippen LogP contribution in [0.4, 0.5) is 0 Å². The number of aliphatic carboxylic acids is 1. The van der Waals surface area contributed by atoms with Crippen molar-refractivity contribution in [3.05, 3.63) is 0 Å². The van der Waals surface area contributed by atoms with Crippen LogP contribution < -0.4 is 5.48 Å². The first-order chi connectivity index (χ1) is 4.18. The molecule has 9 heavy (non-hydrogen) atoms. The molecule has 2 N–H and O–H groups in total. The van der Waals surface area contributed by atoms with Gasteiger partial charge >= 0.3 is 5.97 Å². The van der Waals surface area contributed by atoms with Gasteiger partial charge in [0.2, 0.25) is 0 Å². The average molecular weight is 357 g/mol. The Hall–Kier alpha value is 0.850. The number of carbonyl (C=O) groups is 1. The molecule has 0 aromatic rings. The number of hydrogen-bond acceptors (Lipinski definition) is 3. The summed E-state index contributed by atoms with van der Waals surface area (Å²) in [6.07, 6.45) is 0. The molecule has 4 nitrogen and oxygen atoms in total. The van der Waals surface area contributed by atoms with E-state index in [0.717, 1.165) is 0 Å². The highest BCUT2D eigenvalue weighted by Gasteiger charge is 2.10. The minimum atomic E-state index is -0.930. The zero-order valence-electron chi connectivity index (χ0n) is 4.30. The summed E-state index contributed by atoms with van der Waals surface area (Å²) < 4.78 is -0.234. The van der Waals surface area contributed by atoms with E-state index in [4.69, 9.17) is 5.11 Å². The molecule has 0 aliphatic rings. The van der Waals surface area contributed by atoms with E-state index in [2.05, 4.69) is 10.3 Å². The number of carboxylic acids is 1. The minimum absolute atomic E-state index is 0.435. The Kier molecular flexibility index (Phi) is 6.15. The van der Waals surface area contributed by atoms with E-state index in [9.17, 15) is 4.79 Å². The van der Waals surface area contributed by atoms with Crippen molar-refractivity contribution in [1.82, 2.24) is 5.48 Å². The second-order valence-electron chi connectivity index (χ2n) is 1.07. The molecule has 0 bridgehead atoms. The number of alkyl halides is 2. The number of carboxylic acid groups (broad SMARTS) is 1. The van der Waals surface area contributed by atoms with Gasteiger partial charge in [-0.2, -0.15) is 5.48 Å². The maximum absolute atomic E-state index is 10.1. The maximum atomic E-state index is 10.1. The summed E-state index contributed by atoms with van der Waals surface area (Å²) in [6.45, 7) is 0. The van der Waals surface area contributed by atoms with Crippen LogP contribution in [0.2, 0.25) is 0 Å². The van der Waals surface area contributed by atoms with E-state index in [1.54, 1.807) is 22.6 Å². The van der Waals surface area contributed by atoms with Gasteiger partial charge < -0.3 is 5.11 Å². The smallest absolute Gasteiger partial charge is 0.333 e. The largest absolute Gasteiger partial charge is 0.479 e. The SMILES string of the molecule is O=C(O)[C@H](I)NOCI. The van der Waals surface area contributed by atoms with Gasteiger partial charge in [0, 0.05) is 0 Å². The Morgan fingerprint density at radius 2 is 2.44 bits per heavy atom. The molecule has 0 saturated carbocycles. The van der Waals surface area contributed by atoms with Crippen LogP contribution in [-0.2, 0) is 9.63 Å². The van der Waals surface area contributed by atoms with Gasteiger partial charge in [0.15, 0.2) is 4.05 Å². The summed E-state index contributed by atoms with van der Waals surface area (Å²) in [5, 5.41) is 8.26. The van der Waals surface area contributed by atoms with E-state index in [1.807, 2.05) is 22.6 Å². The lowest BCUT2D eigenvalue weighted by molar-refractivity contribution is -0.139. The van der Waals surface area contributed by atoms with Crippen LogP contribution in [0.3, 0.4) is 0 Å². The summed E-state index contributed by atoms with van der Waals surface area (Å²) in [6, 6.07) is 0. The van der Waals surface area contributed by atoms with Crippen LogP contribution in [0, 0.1) is 0 Å². The van der Waals surface area contributed by atoms with Crippen molar-refractivity contribution in [3.8, 4) is 0 Å². The normalized spacial score (nSPS) is 13.1. The van der Waals surface area contributed by atoms with Gasteiger partial charge in [-0.25, -0.2) is 4.79 Å². The van der Waals surface area contributed by atoms with Crippen molar-refractivity contribution in [1.29, 1.82) is 0 Å². The monoisotopic (exact) mass is 357 g/mol. The van der Waals surface area contributed by atoms with E-state index < -0.39 is 10.0 Å². The predicted octanol–water partition coefficient (Wildman–Crippen LogP) is 0.746. The highest BCUT2D eigenvalue weighted by molar-refractivity contribution is 14.1. The van der Waals surface area contributed by atoms with Crippen LogP contribution in [-0.4, -0.2) is 19.7 Å². The number of halogens is 2. The fourth-order valence-electron chi connectivity index (χ4n) is 0.155. The number of nitrogens with one attached hydrogen (secondary N) is 1. The molecule has 0 radical (unpaired) electrons. The number of hydrogen-bond donors (Lipinski definition) is 2. The van der Waals surface area contributed by atoms with E-state index in [-0.39, 0.29) is 0 Å². The van der Waals surface area contributed by atoms with E-state index in [0.29, 0.717) is 4.61 Å². The molecule has 0 aromatic carbocycles. The first kappa shape index (κ1) is 9.85. The van der Waals surface area contributed by atoms with Gasteiger partial charge in [-0.3, -0.25) is 4.84 Å². The molecular formula is C3H5I2NO3. The van der Waals surface area contributed by atoms with Gasteiger partial charge in [-0.15, -0.1) is 0 Å². The highest BCUT2D eigenvalue weighted by atomic mass is 127. The van der Waals surface area contributed by atoms with Crippen LogP contribution in [0.25, 0.3) is 0 Å². The molecule has 0 saturated heterocycles. The zero-order chi connectivity index (χ0) is 7.28. The molecule has 0 aromatic heterocycles. The third kappa shape index (κ3) is 5.30. The van der Waals surface area contributed by atoms with Gasteiger partial charge in [-0.05, 0) is 0 Å². The molecular weight excluding hydrogens is 352 g/mol. The summed E-state index contributed by atoms with van der Waals surface area (Å²) in [4.78, 5) is 14.7. The average Bonchev–Trinajstić information content (AvgIpc) is 1.82. The van der Waals surface area contributed by atoms with E-state index >= 15 is 0 Å². The first-order valence-electron chi connectivity index (χ1n) is 1.98. The van der Waals surface area contributed by atoms with Crippen LogP contribution in [0.1, 0.15) is 0 Å². The molecule has 0 heterocycles. The Balaban J connectivity index is 3.27. The molecule has 6 heteroatoms. The lowest BCUT2D eigenvalue weighted by Crippen LogP contribution is -2.30. The molecule has 0 spiro atoms. The van der Waals surface area contributed by atoms with Crippen molar-refractivity contribution >= 4 is 51.2 Å². The summed E-state index contributed by atoms with van der Waals surface area (Å²) in [7, 11) is 0. The van der Waals surface area contributed by atoms with Crippen molar-refractivity contribution < 1.29 is 14.7 Å². The second kappa shape index (κ2) is 5.62. The molecule has 54 valence electrons. The summed E-state index contributed by atoms with van der Waals surface area (Å²) in [5.74, 6) is -0.930. The summed E-state index contributed by atoms with van der Waals surface area (Å²) >= 11 is 3.68.